The van der Waals surface area contributed by atoms with Gasteiger partial charge in [0.25, 0.3) is 0 Å². The van der Waals surface area contributed by atoms with Crippen LogP contribution in [-0.2, 0) is 0 Å². The molecule has 0 saturated heterocycles. The number of nitrogens with zero attached hydrogens (tertiary/aromatic N) is 1. The number of carbonyl (C=O) groups is 1. The van der Waals surface area contributed by atoms with Crippen molar-refractivity contribution in [3.63, 3.8) is 0 Å². The van der Waals surface area contributed by atoms with Gasteiger partial charge in [0.15, 0.2) is 0 Å². The van der Waals surface area contributed by atoms with Crippen LogP contribution in [0.1, 0.15) is 41.7 Å². The van der Waals surface area contributed by atoms with E-state index in [9.17, 15) is 15.0 Å². The summed E-state index contributed by atoms with van der Waals surface area (Å²) in [4.78, 5) is 15.8. The number of benzene rings is 1. The van der Waals surface area contributed by atoms with Crippen LogP contribution in [0.4, 0.5) is 5.69 Å². The van der Waals surface area contributed by atoms with Gasteiger partial charge in [-0.2, -0.15) is 0 Å². The molecule has 0 radical (unpaired) electrons. The molecular formula is C17H20N2O4. The van der Waals surface area contributed by atoms with Gasteiger partial charge in [0.1, 0.15) is 11.3 Å². The first-order valence-corrected chi connectivity index (χ1v) is 7.74. The molecule has 0 atom stereocenters. The minimum Gasteiger partial charge on any atom is -0.490 e. The summed E-state index contributed by atoms with van der Waals surface area (Å²) in [7, 11) is 0. The maximum absolute atomic E-state index is 11.4. The quantitative estimate of drug-likeness (QED) is 0.803. The monoisotopic (exact) mass is 316 g/mol. The second kappa shape index (κ2) is 6.04. The lowest BCUT2D eigenvalue weighted by Crippen LogP contribution is -2.26. The highest BCUT2D eigenvalue weighted by molar-refractivity contribution is 6.06. The van der Waals surface area contributed by atoms with Crippen LogP contribution in [0.3, 0.4) is 0 Å². The number of pyridine rings is 1. The first-order valence-electron chi connectivity index (χ1n) is 7.74. The number of nitrogens with two attached hydrogens (primary N) is 1. The Labute approximate surface area is 133 Å². The number of carboxylic acids is 1. The number of hydrogen-bond acceptors (Lipinski definition) is 5. The maximum Gasteiger partial charge on any atom is 0.339 e. The van der Waals surface area contributed by atoms with E-state index in [4.69, 9.17) is 10.5 Å². The van der Waals surface area contributed by atoms with E-state index in [0.29, 0.717) is 35.2 Å². The standard InChI is InChI=1S/C17H20N2O4/c1-9-14(17(21)22)16(18)15-12(19-9)3-2-4-13(15)23-11-7-5-10(20)6-8-11/h2-4,10-11,20H,5-8H2,1H3,(H2,18,19)(H,21,22). The van der Waals surface area contributed by atoms with Gasteiger partial charge >= 0.3 is 5.97 Å². The van der Waals surface area contributed by atoms with Crippen LogP contribution < -0.4 is 10.5 Å². The van der Waals surface area contributed by atoms with Gasteiger partial charge in [-0.25, -0.2) is 4.79 Å². The summed E-state index contributed by atoms with van der Waals surface area (Å²) in [6.07, 6.45) is 2.70. The van der Waals surface area contributed by atoms with Crippen molar-refractivity contribution in [1.82, 2.24) is 4.98 Å². The molecule has 23 heavy (non-hydrogen) atoms. The zero-order valence-corrected chi connectivity index (χ0v) is 13.0. The first-order chi connectivity index (χ1) is 11.0. The van der Waals surface area contributed by atoms with E-state index in [1.807, 2.05) is 6.07 Å². The zero-order valence-electron chi connectivity index (χ0n) is 13.0. The van der Waals surface area contributed by atoms with Crippen LogP contribution in [0.15, 0.2) is 18.2 Å². The third-order valence-electron chi connectivity index (χ3n) is 4.34. The Kier molecular flexibility index (Phi) is 4.09. The van der Waals surface area contributed by atoms with Gasteiger partial charge in [-0.3, -0.25) is 4.98 Å². The molecule has 122 valence electrons. The molecule has 6 heteroatoms. The number of fused-ring (bicyclic) bond motifs is 1. The van der Waals surface area contributed by atoms with E-state index >= 15 is 0 Å². The topological polar surface area (TPSA) is 106 Å². The normalized spacial score (nSPS) is 21.3. The number of aliphatic hydroxyl groups excluding tert-OH is 1. The van der Waals surface area contributed by atoms with Crippen molar-refractivity contribution in [3.8, 4) is 5.75 Å². The number of anilines is 1. The molecule has 1 aromatic heterocycles. The number of aromatic nitrogens is 1. The van der Waals surface area contributed by atoms with Crippen LogP contribution in [0.25, 0.3) is 10.9 Å². The molecule has 1 heterocycles. The molecule has 3 rings (SSSR count). The number of ether oxygens (including phenoxy) is 1. The van der Waals surface area contributed by atoms with Crippen molar-refractivity contribution in [2.24, 2.45) is 0 Å². The number of carboxylic acid groups (broad SMARTS) is 1. The molecule has 0 aliphatic heterocycles. The molecule has 1 aliphatic rings. The molecule has 0 spiro atoms. The van der Waals surface area contributed by atoms with Crippen molar-refractivity contribution in [1.29, 1.82) is 0 Å². The molecule has 1 saturated carbocycles. The van der Waals surface area contributed by atoms with Crippen LogP contribution in [0.5, 0.6) is 5.75 Å². The van der Waals surface area contributed by atoms with Crippen molar-refractivity contribution in [2.45, 2.75) is 44.8 Å². The van der Waals surface area contributed by atoms with Gasteiger partial charge in [0, 0.05) is 0 Å². The fourth-order valence-corrected chi connectivity index (χ4v) is 3.15. The first kappa shape index (κ1) is 15.6. The van der Waals surface area contributed by atoms with Gasteiger partial charge in [-0.15, -0.1) is 0 Å². The van der Waals surface area contributed by atoms with Gasteiger partial charge in [0.2, 0.25) is 0 Å². The molecule has 1 aromatic carbocycles. The summed E-state index contributed by atoms with van der Waals surface area (Å²) in [6, 6.07) is 5.40. The molecular weight excluding hydrogens is 296 g/mol. The van der Waals surface area contributed by atoms with Crippen LogP contribution in [-0.4, -0.2) is 33.4 Å². The predicted molar refractivity (Wildman–Crippen MR) is 86.7 cm³/mol. The van der Waals surface area contributed by atoms with Crippen molar-refractivity contribution in [2.75, 3.05) is 5.73 Å². The summed E-state index contributed by atoms with van der Waals surface area (Å²) < 4.78 is 6.05. The largest absolute Gasteiger partial charge is 0.490 e. The van der Waals surface area contributed by atoms with Gasteiger partial charge < -0.3 is 20.7 Å². The second-order valence-electron chi connectivity index (χ2n) is 5.99. The van der Waals surface area contributed by atoms with Gasteiger partial charge in [-0.05, 0) is 44.7 Å². The van der Waals surface area contributed by atoms with Gasteiger partial charge in [0.05, 0.1) is 34.5 Å². The molecule has 4 N–H and O–H groups in total. The third-order valence-corrected chi connectivity index (χ3v) is 4.34. The number of hydrogen-bond donors (Lipinski definition) is 3. The van der Waals surface area contributed by atoms with Gasteiger partial charge in [-0.1, -0.05) is 6.07 Å². The zero-order chi connectivity index (χ0) is 16.6. The highest BCUT2D eigenvalue weighted by Gasteiger charge is 2.23. The Morgan fingerprint density at radius 1 is 1.30 bits per heavy atom. The summed E-state index contributed by atoms with van der Waals surface area (Å²) >= 11 is 0. The van der Waals surface area contributed by atoms with E-state index in [-0.39, 0.29) is 23.5 Å². The van der Waals surface area contributed by atoms with Crippen LogP contribution >= 0.6 is 0 Å². The van der Waals surface area contributed by atoms with E-state index in [1.165, 1.54) is 0 Å². The van der Waals surface area contributed by atoms with E-state index in [2.05, 4.69) is 4.98 Å². The lowest BCUT2D eigenvalue weighted by atomic mass is 9.95. The predicted octanol–water partition coefficient (Wildman–Crippen LogP) is 2.51. The molecule has 0 amide bonds. The van der Waals surface area contributed by atoms with Crippen LogP contribution in [0.2, 0.25) is 0 Å². The lowest BCUT2D eigenvalue weighted by Gasteiger charge is -2.27. The highest BCUT2D eigenvalue weighted by atomic mass is 16.5. The fraction of sp³-hybridized carbons (Fsp3) is 0.412. The summed E-state index contributed by atoms with van der Waals surface area (Å²) in [5.41, 5.74) is 7.33. The highest BCUT2D eigenvalue weighted by Crippen LogP contribution is 2.35. The molecule has 1 aliphatic carbocycles. The average molecular weight is 316 g/mol. The van der Waals surface area contributed by atoms with Crippen molar-refractivity contribution in [3.05, 3.63) is 29.5 Å². The lowest BCUT2D eigenvalue weighted by molar-refractivity contribution is 0.0672. The van der Waals surface area contributed by atoms with E-state index in [0.717, 1.165) is 12.8 Å². The minimum atomic E-state index is -1.09. The SMILES string of the molecule is Cc1nc2cccc(OC3CCC(O)CC3)c2c(N)c1C(=O)O. The van der Waals surface area contributed by atoms with Crippen molar-refractivity contribution < 1.29 is 19.7 Å². The van der Waals surface area contributed by atoms with Crippen LogP contribution in [0, 0.1) is 6.92 Å². The fourth-order valence-electron chi connectivity index (χ4n) is 3.15. The molecule has 0 bridgehead atoms. The molecule has 2 aromatic rings. The summed E-state index contributed by atoms with van der Waals surface area (Å²) in [5.74, 6) is -0.540. The number of aliphatic hydroxyl groups is 1. The molecule has 0 unspecified atom stereocenters. The smallest absolute Gasteiger partial charge is 0.339 e. The van der Waals surface area contributed by atoms with E-state index < -0.39 is 5.97 Å². The van der Waals surface area contributed by atoms with E-state index in [1.54, 1.807) is 19.1 Å². The summed E-state index contributed by atoms with van der Waals surface area (Å²) in [6.45, 7) is 1.63. The Morgan fingerprint density at radius 2 is 2.00 bits per heavy atom. The number of rotatable bonds is 3. The average Bonchev–Trinajstić information content (AvgIpc) is 2.49. The Hall–Kier alpha value is -2.34. The minimum absolute atomic E-state index is 0.00187. The maximum atomic E-state index is 11.4. The second-order valence-corrected chi connectivity index (χ2v) is 5.99. The number of nitrogen functional groups attached to an aromatic ring is 1. The third kappa shape index (κ3) is 2.94. The number of aryl methyl sites for hydroxylation is 1. The van der Waals surface area contributed by atoms with Crippen molar-refractivity contribution >= 4 is 22.6 Å². The number of aromatic carboxylic acids is 1. The Morgan fingerprint density at radius 3 is 2.65 bits per heavy atom. The summed E-state index contributed by atoms with van der Waals surface area (Å²) in [5, 5.41) is 19.5. The molecule has 1 fully saturated rings. The Bertz CT molecular complexity index is 752. The Balaban J connectivity index is 2.03. The molecule has 6 nitrogen and oxygen atoms in total.